The van der Waals surface area contributed by atoms with E-state index in [0.717, 1.165) is 16.8 Å². The molecule has 1 saturated heterocycles. The molecule has 15 heteroatoms. The molecule has 2 aromatic heterocycles. The average Bonchev–Trinajstić information content (AvgIpc) is 3.46. The normalized spacial score (nSPS) is 15.1. The summed E-state index contributed by atoms with van der Waals surface area (Å²) in [6, 6.07) is 7.88. The van der Waals surface area contributed by atoms with Crippen molar-refractivity contribution in [3.05, 3.63) is 74.4 Å². The number of benzene rings is 1. The summed E-state index contributed by atoms with van der Waals surface area (Å²) in [6.07, 6.45) is -2.08. The number of ether oxygens (including phenoxy) is 2. The number of halogens is 3. The Morgan fingerprint density at radius 1 is 0.911 bits per heavy atom. The van der Waals surface area contributed by atoms with Crippen LogP contribution in [0, 0.1) is 0 Å². The van der Waals surface area contributed by atoms with E-state index in [2.05, 4.69) is 15.2 Å². The van der Waals surface area contributed by atoms with Crippen LogP contribution in [0.25, 0.3) is 5.69 Å². The zero-order valence-electron chi connectivity index (χ0n) is 25.0. The molecule has 1 aliphatic heterocycles. The number of piperazine rings is 1. The second kappa shape index (κ2) is 12.3. The van der Waals surface area contributed by atoms with Crippen LogP contribution in [0.2, 0.25) is 0 Å². The third kappa shape index (κ3) is 7.46. The van der Waals surface area contributed by atoms with Crippen molar-refractivity contribution in [2.75, 3.05) is 31.5 Å². The number of nitrogens with zero attached hydrogens (tertiary/aromatic N) is 5. The topological polar surface area (TPSA) is 128 Å². The van der Waals surface area contributed by atoms with Gasteiger partial charge < -0.3 is 29.2 Å². The maximum atomic E-state index is 13.4. The van der Waals surface area contributed by atoms with Gasteiger partial charge in [-0.1, -0.05) is 0 Å². The zero-order valence-corrected chi connectivity index (χ0v) is 25.0. The summed E-state index contributed by atoms with van der Waals surface area (Å²) >= 11 is 0. The highest BCUT2D eigenvalue weighted by atomic mass is 19.4. The van der Waals surface area contributed by atoms with Gasteiger partial charge in [-0.3, -0.25) is 14.4 Å². The first kappa shape index (κ1) is 31.6. The van der Waals surface area contributed by atoms with Crippen molar-refractivity contribution < 1.29 is 32.2 Å². The fourth-order valence-corrected chi connectivity index (χ4v) is 5.23. The van der Waals surface area contributed by atoms with Gasteiger partial charge in [-0.25, -0.2) is 4.79 Å². The number of amides is 2. The summed E-state index contributed by atoms with van der Waals surface area (Å²) in [7, 11) is 0. The lowest BCUT2D eigenvalue weighted by molar-refractivity contribution is -0.274. The van der Waals surface area contributed by atoms with E-state index in [4.69, 9.17) is 4.74 Å². The van der Waals surface area contributed by atoms with Crippen LogP contribution in [0.15, 0.2) is 52.2 Å². The van der Waals surface area contributed by atoms with Crippen molar-refractivity contribution >= 4 is 23.5 Å². The number of fused-ring (bicyclic) bond motifs is 1. The molecule has 0 atom stereocenters. The molecular weight excluding hydrogens is 597 g/mol. The highest BCUT2D eigenvalue weighted by Gasteiger charge is 2.31. The summed E-state index contributed by atoms with van der Waals surface area (Å²) in [6.45, 7) is 6.33. The van der Waals surface area contributed by atoms with Crippen molar-refractivity contribution in [1.29, 1.82) is 0 Å². The van der Waals surface area contributed by atoms with Gasteiger partial charge in [0.05, 0.1) is 5.69 Å². The summed E-state index contributed by atoms with van der Waals surface area (Å²) in [5, 5.41) is 7.45. The van der Waals surface area contributed by atoms with Gasteiger partial charge in [0.2, 0.25) is 5.91 Å². The Labute approximate surface area is 255 Å². The number of nitrogens with one attached hydrogen (secondary N) is 1. The first-order valence-electron chi connectivity index (χ1n) is 14.4. The van der Waals surface area contributed by atoms with Crippen molar-refractivity contribution in [3.8, 4) is 11.4 Å². The predicted octanol–water partition coefficient (Wildman–Crippen LogP) is 3.60. The number of pyridine rings is 1. The molecule has 0 spiro atoms. The maximum absolute atomic E-state index is 13.4. The number of carbonyl (C=O) groups is 2. The summed E-state index contributed by atoms with van der Waals surface area (Å²) in [5.74, 6) is -0.469. The molecule has 0 unspecified atom stereocenters. The average molecular weight is 631 g/mol. The molecule has 1 fully saturated rings. The van der Waals surface area contributed by atoms with Crippen LogP contribution in [0.3, 0.4) is 0 Å². The van der Waals surface area contributed by atoms with Crippen molar-refractivity contribution in [2.24, 2.45) is 0 Å². The number of rotatable bonds is 6. The van der Waals surface area contributed by atoms with E-state index in [1.54, 1.807) is 36.6 Å². The summed E-state index contributed by atoms with van der Waals surface area (Å²) in [4.78, 5) is 55.2. The first-order chi connectivity index (χ1) is 21.2. The third-order valence-electron chi connectivity index (χ3n) is 7.33. The van der Waals surface area contributed by atoms with Crippen molar-refractivity contribution in [3.63, 3.8) is 0 Å². The van der Waals surface area contributed by atoms with Crippen LogP contribution < -0.4 is 21.2 Å². The van der Waals surface area contributed by atoms with Gasteiger partial charge in [-0.05, 0) is 76.4 Å². The minimum absolute atomic E-state index is 0.126. The van der Waals surface area contributed by atoms with Gasteiger partial charge in [-0.2, -0.15) is 4.68 Å². The molecule has 5 rings (SSSR count). The smallest absolute Gasteiger partial charge is 0.444 e. The van der Waals surface area contributed by atoms with Crippen LogP contribution in [0.4, 0.5) is 29.5 Å². The van der Waals surface area contributed by atoms with Crippen LogP contribution >= 0.6 is 0 Å². The number of hydrogen-bond donors (Lipinski definition) is 1. The number of aromatic nitrogens is 3. The number of alkyl halides is 3. The van der Waals surface area contributed by atoms with E-state index in [1.807, 2.05) is 0 Å². The first-order valence-corrected chi connectivity index (χ1v) is 14.4. The molecule has 3 heterocycles. The van der Waals surface area contributed by atoms with Crippen LogP contribution in [0.1, 0.15) is 38.3 Å². The molecule has 0 radical (unpaired) electrons. The van der Waals surface area contributed by atoms with Crippen molar-refractivity contribution in [2.45, 2.75) is 58.5 Å². The maximum Gasteiger partial charge on any atom is 0.573 e. The molecule has 12 nitrogen and oxygen atoms in total. The Morgan fingerprint density at radius 2 is 1.56 bits per heavy atom. The van der Waals surface area contributed by atoms with Gasteiger partial charge >= 0.3 is 12.5 Å². The molecular formula is C30H33F3N6O6. The molecule has 0 bridgehead atoms. The lowest BCUT2D eigenvalue weighted by atomic mass is 10.2. The van der Waals surface area contributed by atoms with Gasteiger partial charge in [0.15, 0.2) is 5.82 Å². The van der Waals surface area contributed by atoms with E-state index < -0.39 is 34.9 Å². The molecule has 45 heavy (non-hydrogen) atoms. The fraction of sp³-hybridized carbons (Fsp3) is 0.433. The number of hydrogen-bond acceptors (Lipinski definition) is 8. The lowest BCUT2D eigenvalue weighted by Gasteiger charge is -2.35. The van der Waals surface area contributed by atoms with Gasteiger partial charge in [0.1, 0.15) is 23.6 Å². The second-order valence-corrected chi connectivity index (χ2v) is 11.7. The quantitative estimate of drug-likeness (QED) is 0.438. The molecule has 0 saturated carbocycles. The Morgan fingerprint density at radius 3 is 2.20 bits per heavy atom. The summed E-state index contributed by atoms with van der Waals surface area (Å²) in [5.41, 5.74) is -0.0193. The van der Waals surface area contributed by atoms with E-state index in [0.29, 0.717) is 56.6 Å². The van der Waals surface area contributed by atoms with E-state index in [-0.39, 0.29) is 29.6 Å². The molecule has 2 amide bonds. The van der Waals surface area contributed by atoms with Crippen molar-refractivity contribution in [1.82, 2.24) is 24.1 Å². The third-order valence-corrected chi connectivity index (χ3v) is 7.33. The second-order valence-electron chi connectivity index (χ2n) is 11.7. The number of anilines is 2. The molecule has 2 aliphatic rings. The molecule has 1 N–H and O–H groups in total. The monoisotopic (exact) mass is 630 g/mol. The Bertz CT molecular complexity index is 1700. The van der Waals surface area contributed by atoms with Crippen LogP contribution in [0.5, 0.6) is 5.75 Å². The Hall–Kier alpha value is -4.82. The van der Waals surface area contributed by atoms with Crippen LogP contribution in [-0.4, -0.2) is 74.3 Å². The number of carbonyl (C=O) groups excluding carboxylic acids is 2. The van der Waals surface area contributed by atoms with Crippen LogP contribution in [-0.2, 0) is 28.9 Å². The molecule has 240 valence electrons. The van der Waals surface area contributed by atoms with E-state index in [1.165, 1.54) is 29.0 Å². The van der Waals surface area contributed by atoms with E-state index in [9.17, 15) is 32.3 Å². The van der Waals surface area contributed by atoms with Gasteiger partial charge in [0, 0.05) is 43.5 Å². The molecule has 1 aliphatic carbocycles. The van der Waals surface area contributed by atoms with E-state index >= 15 is 0 Å². The minimum Gasteiger partial charge on any atom is -0.444 e. The zero-order chi connectivity index (χ0) is 32.5. The van der Waals surface area contributed by atoms with Gasteiger partial charge in [0.25, 0.3) is 11.1 Å². The largest absolute Gasteiger partial charge is 0.573 e. The van der Waals surface area contributed by atoms with Gasteiger partial charge in [-0.15, -0.1) is 18.3 Å². The Kier molecular flexibility index (Phi) is 8.63. The fourth-order valence-electron chi connectivity index (χ4n) is 5.23. The SMILES string of the molecule is CC(C)(C)OC(=O)N1CCN(C(=O)Cn2cccc(Nc3nn(-c4ccc(OC(F)(F)F)cc4)c(=O)c4c3CCC4)c2=O)CC1. The Balaban J connectivity index is 1.32. The standard InChI is InChI=1S/C30H33F3N6O6/c1-29(2,3)45-28(43)37-16-14-36(15-17-37)24(40)18-38-13-5-8-23(27(38)42)34-25-21-6-4-7-22(21)26(41)39(35-25)19-9-11-20(12-10-19)44-30(31,32)33/h5,8-13H,4,6-7,14-18H2,1-3H3,(H,34,35). The molecule has 1 aromatic carbocycles. The minimum atomic E-state index is -4.86. The lowest BCUT2D eigenvalue weighted by Crippen LogP contribution is -2.52. The summed E-state index contributed by atoms with van der Waals surface area (Å²) < 4.78 is 49.4. The highest BCUT2D eigenvalue weighted by Crippen LogP contribution is 2.28. The molecule has 3 aromatic rings. The highest BCUT2D eigenvalue weighted by molar-refractivity contribution is 5.77. The predicted molar refractivity (Wildman–Crippen MR) is 157 cm³/mol.